The Bertz CT molecular complexity index is 120. The van der Waals surface area contributed by atoms with Crippen LogP contribution in [0.3, 0.4) is 0 Å². The Morgan fingerprint density at radius 1 is 1.50 bits per heavy atom. The first-order chi connectivity index (χ1) is 4.34. The van der Waals surface area contributed by atoms with Crippen LogP contribution in [0.1, 0.15) is 25.7 Å². The van der Waals surface area contributed by atoms with Gasteiger partial charge in [-0.1, -0.05) is 25.7 Å². The molecule has 1 fully saturated rings. The fraction of sp³-hybridized carbons (Fsp3) is 0.625. The molecule has 0 spiro atoms. The molecular formula is C8H13NY-2. The molecule has 10 heavy (non-hydrogen) atoms. The average Bonchev–Trinajstić information content (AvgIpc) is 1.89. The van der Waals surface area contributed by atoms with Crippen LogP contribution in [0.4, 0.5) is 0 Å². The first-order valence-electron chi connectivity index (χ1n) is 3.54. The molecule has 1 N–H and O–H groups in total. The van der Waals surface area contributed by atoms with E-state index >= 15 is 0 Å². The molecule has 1 radical (unpaired) electrons. The van der Waals surface area contributed by atoms with Gasteiger partial charge in [-0.2, -0.15) is 6.04 Å². The number of hydrogen-bond donors (Lipinski definition) is 0. The van der Waals surface area contributed by atoms with E-state index < -0.39 is 0 Å². The zero-order valence-corrected chi connectivity index (χ0v) is 9.11. The van der Waals surface area contributed by atoms with Gasteiger partial charge >= 0.3 is 0 Å². The summed E-state index contributed by atoms with van der Waals surface area (Å²) in [5.74, 6) is 0. The summed E-state index contributed by atoms with van der Waals surface area (Å²) in [7, 11) is 0. The summed E-state index contributed by atoms with van der Waals surface area (Å²) in [5, 5.41) is 0. The van der Waals surface area contributed by atoms with Crippen molar-refractivity contribution in [3.05, 3.63) is 24.3 Å². The van der Waals surface area contributed by atoms with Gasteiger partial charge in [-0.3, -0.25) is 0 Å². The molecule has 0 saturated heterocycles. The standard InChI is InChI=1S/C8H13N.Y/c1-2-7-5-3-4-6-8(7)9;/h2,8-9H,1,3-6H2;/q-2;/b7-2-;. The van der Waals surface area contributed by atoms with E-state index in [2.05, 4.69) is 6.92 Å². The van der Waals surface area contributed by atoms with Crippen LogP contribution >= 0.6 is 0 Å². The molecule has 1 unspecified atom stereocenters. The van der Waals surface area contributed by atoms with Crippen molar-refractivity contribution in [3.63, 3.8) is 0 Å². The normalized spacial score (nSPS) is 29.7. The maximum Gasteiger partial charge on any atom is 0 e. The Balaban J connectivity index is 0.000000810. The largest absolute Gasteiger partial charge is 0.686 e. The molecule has 0 heterocycles. The number of hydrogen-bond acceptors (Lipinski definition) is 0. The van der Waals surface area contributed by atoms with Crippen molar-refractivity contribution in [1.82, 2.24) is 0 Å². The zero-order valence-electron chi connectivity index (χ0n) is 6.27. The van der Waals surface area contributed by atoms with E-state index in [-0.39, 0.29) is 38.8 Å². The molecule has 1 aliphatic carbocycles. The summed E-state index contributed by atoms with van der Waals surface area (Å²) < 4.78 is 0. The third-order valence-electron chi connectivity index (χ3n) is 1.92. The van der Waals surface area contributed by atoms with Crippen LogP contribution in [0.2, 0.25) is 0 Å². The molecule has 2 heteroatoms. The van der Waals surface area contributed by atoms with Crippen molar-refractivity contribution in [3.8, 4) is 0 Å². The van der Waals surface area contributed by atoms with Crippen LogP contribution in [0.15, 0.2) is 11.6 Å². The third-order valence-corrected chi connectivity index (χ3v) is 1.92. The van der Waals surface area contributed by atoms with Crippen molar-refractivity contribution in [2.45, 2.75) is 31.7 Å². The van der Waals surface area contributed by atoms with Crippen LogP contribution < -0.4 is 0 Å². The minimum Gasteiger partial charge on any atom is -0.686 e. The minimum atomic E-state index is 0. The Hall–Kier alpha value is 0.674. The van der Waals surface area contributed by atoms with Crippen LogP contribution in [-0.4, -0.2) is 6.04 Å². The maximum atomic E-state index is 7.52. The van der Waals surface area contributed by atoms with E-state index in [1.54, 1.807) is 0 Å². The fourth-order valence-corrected chi connectivity index (χ4v) is 1.28. The average molecular weight is 212 g/mol. The SMILES string of the molecule is [CH2-]/C=C1/CCCCC1[NH-].[Y]. The molecule has 1 atom stereocenters. The molecule has 0 aromatic rings. The van der Waals surface area contributed by atoms with Gasteiger partial charge in [0.1, 0.15) is 0 Å². The second-order valence-electron chi connectivity index (χ2n) is 2.58. The van der Waals surface area contributed by atoms with Gasteiger partial charge in [0, 0.05) is 32.7 Å². The van der Waals surface area contributed by atoms with E-state index in [0.29, 0.717) is 0 Å². The number of nitrogens with one attached hydrogen (secondary N) is 1. The van der Waals surface area contributed by atoms with E-state index in [1.165, 1.54) is 18.4 Å². The monoisotopic (exact) mass is 212 g/mol. The van der Waals surface area contributed by atoms with Gasteiger partial charge in [0.15, 0.2) is 0 Å². The molecule has 0 amide bonds. The van der Waals surface area contributed by atoms with Crippen molar-refractivity contribution < 1.29 is 32.7 Å². The van der Waals surface area contributed by atoms with Crippen LogP contribution in [0.25, 0.3) is 5.73 Å². The van der Waals surface area contributed by atoms with Crippen molar-refractivity contribution in [2.75, 3.05) is 0 Å². The predicted octanol–water partition coefficient (Wildman–Crippen LogP) is 2.74. The van der Waals surface area contributed by atoms with Crippen molar-refractivity contribution in [2.24, 2.45) is 0 Å². The van der Waals surface area contributed by atoms with Gasteiger partial charge in [-0.15, -0.1) is 0 Å². The molecule has 0 bridgehead atoms. The summed E-state index contributed by atoms with van der Waals surface area (Å²) >= 11 is 0. The Morgan fingerprint density at radius 2 is 2.20 bits per heavy atom. The molecule has 55 valence electrons. The summed E-state index contributed by atoms with van der Waals surface area (Å²) in [6.45, 7) is 3.68. The molecule has 1 saturated carbocycles. The quantitative estimate of drug-likeness (QED) is 0.551. The number of rotatable bonds is 0. The van der Waals surface area contributed by atoms with Crippen molar-refractivity contribution in [1.29, 1.82) is 0 Å². The third kappa shape index (κ3) is 2.73. The molecule has 0 aromatic carbocycles. The Kier molecular flexibility index (Phi) is 5.70. The van der Waals surface area contributed by atoms with Crippen LogP contribution in [0.5, 0.6) is 0 Å². The van der Waals surface area contributed by atoms with E-state index in [0.717, 1.165) is 12.8 Å². The zero-order chi connectivity index (χ0) is 6.69. The minimum absolute atomic E-state index is 0. The first-order valence-corrected chi connectivity index (χ1v) is 3.54. The summed E-state index contributed by atoms with van der Waals surface area (Å²) in [6, 6.07) is 0.0660. The van der Waals surface area contributed by atoms with E-state index in [4.69, 9.17) is 5.73 Å². The number of allylic oxidation sites excluding steroid dienone is 1. The van der Waals surface area contributed by atoms with Gasteiger partial charge in [0.05, 0.1) is 0 Å². The topological polar surface area (TPSA) is 23.8 Å². The molecular weight excluding hydrogens is 199 g/mol. The molecule has 1 rings (SSSR count). The molecule has 1 aliphatic rings. The molecule has 1 nitrogen and oxygen atoms in total. The second kappa shape index (κ2) is 5.34. The van der Waals surface area contributed by atoms with E-state index in [9.17, 15) is 0 Å². The van der Waals surface area contributed by atoms with Gasteiger partial charge in [0.2, 0.25) is 0 Å². The first kappa shape index (κ1) is 10.7. The molecule has 0 aliphatic heterocycles. The van der Waals surface area contributed by atoms with Crippen molar-refractivity contribution >= 4 is 0 Å². The van der Waals surface area contributed by atoms with Gasteiger partial charge in [-0.25, -0.2) is 18.6 Å². The fourth-order valence-electron chi connectivity index (χ4n) is 1.28. The maximum absolute atomic E-state index is 7.52. The molecule has 0 aromatic heterocycles. The Morgan fingerprint density at radius 3 is 2.60 bits per heavy atom. The summed E-state index contributed by atoms with van der Waals surface area (Å²) in [4.78, 5) is 0. The Labute approximate surface area is 88.3 Å². The van der Waals surface area contributed by atoms with Gasteiger partial charge in [0.25, 0.3) is 0 Å². The van der Waals surface area contributed by atoms with Crippen LogP contribution in [-0.2, 0) is 32.7 Å². The summed E-state index contributed by atoms with van der Waals surface area (Å²) in [5.41, 5.74) is 8.76. The predicted molar refractivity (Wildman–Crippen MR) is 40.0 cm³/mol. The second-order valence-corrected chi connectivity index (χ2v) is 2.58. The summed E-state index contributed by atoms with van der Waals surface area (Å²) in [6.07, 6.45) is 6.50. The van der Waals surface area contributed by atoms with Gasteiger partial charge < -0.3 is 5.73 Å². The van der Waals surface area contributed by atoms with E-state index in [1.807, 2.05) is 6.08 Å². The smallest absolute Gasteiger partial charge is 0 e. The van der Waals surface area contributed by atoms with Crippen LogP contribution in [0, 0.1) is 6.92 Å². The van der Waals surface area contributed by atoms with Gasteiger partial charge in [-0.05, 0) is 0 Å².